The summed E-state index contributed by atoms with van der Waals surface area (Å²) >= 11 is 0. The summed E-state index contributed by atoms with van der Waals surface area (Å²) in [7, 11) is 0. The van der Waals surface area contributed by atoms with Gasteiger partial charge in [-0.05, 0) is 12.1 Å². The van der Waals surface area contributed by atoms with Crippen LogP contribution in [0, 0.1) is 0 Å². The maximum atomic E-state index is 7.95. The second kappa shape index (κ2) is 3.25. The standard InChI is InChI=1S/C15H12N5/c1-18-11-4-6-16-7-12(11)20-9-13-14-10(3-2-5-17-14)8-19(13)15(18)20/h2-7,9H,8H2,1H3/q+1/i1D3. The normalized spacial score (nSPS) is 15.9. The molecule has 0 bridgehead atoms. The van der Waals surface area contributed by atoms with Gasteiger partial charge in [0.05, 0.1) is 23.8 Å². The number of hydrogen-bond donors (Lipinski definition) is 0. The Morgan fingerprint density at radius 3 is 3.30 bits per heavy atom. The molecule has 5 rings (SSSR count). The van der Waals surface area contributed by atoms with Gasteiger partial charge in [-0.2, -0.15) is 4.40 Å². The Bertz CT molecular complexity index is 1090. The van der Waals surface area contributed by atoms with Gasteiger partial charge in [-0.1, -0.05) is 6.07 Å². The fraction of sp³-hybridized carbons (Fsp3) is 0.133. The molecule has 0 aliphatic carbocycles. The third-order valence-electron chi connectivity index (χ3n) is 3.94. The number of pyridine rings is 2. The maximum absolute atomic E-state index is 7.95. The van der Waals surface area contributed by atoms with Gasteiger partial charge in [0.2, 0.25) is 0 Å². The molecule has 5 heteroatoms. The van der Waals surface area contributed by atoms with E-state index in [-0.39, 0.29) is 0 Å². The summed E-state index contributed by atoms with van der Waals surface area (Å²) in [5.41, 5.74) is 4.36. The molecular weight excluding hydrogens is 250 g/mol. The van der Waals surface area contributed by atoms with Gasteiger partial charge in [0.25, 0.3) is 0 Å². The zero-order valence-corrected chi connectivity index (χ0v) is 10.5. The minimum Gasteiger partial charge on any atom is -0.261 e. The topological polar surface area (TPSA) is 39.0 Å². The molecule has 0 atom stereocenters. The van der Waals surface area contributed by atoms with Crippen LogP contribution in [0.1, 0.15) is 9.68 Å². The van der Waals surface area contributed by atoms with Crippen LogP contribution < -0.4 is 4.57 Å². The molecule has 96 valence electrons. The lowest BCUT2D eigenvalue weighted by Gasteiger charge is -1.93. The average molecular weight is 265 g/mol. The van der Waals surface area contributed by atoms with Gasteiger partial charge in [0, 0.05) is 18.0 Å². The molecule has 4 aromatic heterocycles. The molecular formula is C15H12N5+. The monoisotopic (exact) mass is 265 g/mol. The van der Waals surface area contributed by atoms with Gasteiger partial charge in [0.1, 0.15) is 17.4 Å². The summed E-state index contributed by atoms with van der Waals surface area (Å²) in [6.45, 7) is -1.65. The number of nitrogens with zero attached hydrogens (tertiary/aromatic N) is 5. The highest BCUT2D eigenvalue weighted by atomic mass is 15.3. The first-order valence-electron chi connectivity index (χ1n) is 7.90. The van der Waals surface area contributed by atoms with Crippen molar-refractivity contribution in [3.8, 4) is 11.4 Å². The van der Waals surface area contributed by atoms with Gasteiger partial charge < -0.3 is 0 Å². The van der Waals surface area contributed by atoms with Crippen LogP contribution in [0.2, 0.25) is 0 Å². The predicted molar refractivity (Wildman–Crippen MR) is 74.2 cm³/mol. The van der Waals surface area contributed by atoms with Crippen molar-refractivity contribution in [2.24, 2.45) is 6.98 Å². The molecule has 0 spiro atoms. The average Bonchev–Trinajstić information content (AvgIpc) is 3.13. The highest BCUT2D eigenvalue weighted by Crippen LogP contribution is 2.32. The van der Waals surface area contributed by atoms with Gasteiger partial charge >= 0.3 is 5.78 Å². The van der Waals surface area contributed by atoms with Crippen molar-refractivity contribution in [3.63, 3.8) is 0 Å². The van der Waals surface area contributed by atoms with Crippen LogP contribution in [0.3, 0.4) is 0 Å². The van der Waals surface area contributed by atoms with Crippen molar-refractivity contribution in [3.05, 3.63) is 48.5 Å². The maximum Gasteiger partial charge on any atom is 0.370 e. The van der Waals surface area contributed by atoms with Crippen molar-refractivity contribution in [1.82, 2.24) is 18.9 Å². The predicted octanol–water partition coefficient (Wildman–Crippen LogP) is 1.54. The Morgan fingerprint density at radius 1 is 1.35 bits per heavy atom. The SMILES string of the molecule is [2H]C([2H])([2H])[n+]1c2ccncc2n2cc3n(c21)Cc1cccnc1-3. The fourth-order valence-corrected chi connectivity index (χ4v) is 3.07. The summed E-state index contributed by atoms with van der Waals surface area (Å²) in [6, 6.07) is 5.66. The summed E-state index contributed by atoms with van der Waals surface area (Å²) in [6.07, 6.45) is 7.01. The number of rotatable bonds is 0. The van der Waals surface area contributed by atoms with Crippen LogP contribution in [0.15, 0.2) is 43.0 Å². The highest BCUT2D eigenvalue weighted by Gasteiger charge is 2.31. The lowest BCUT2D eigenvalue weighted by molar-refractivity contribution is -0.621. The van der Waals surface area contributed by atoms with E-state index >= 15 is 0 Å². The molecule has 0 amide bonds. The van der Waals surface area contributed by atoms with E-state index in [2.05, 4.69) is 9.97 Å². The molecule has 0 aromatic carbocycles. The van der Waals surface area contributed by atoms with E-state index < -0.39 is 6.98 Å². The first kappa shape index (κ1) is 7.79. The van der Waals surface area contributed by atoms with Crippen molar-refractivity contribution < 1.29 is 8.68 Å². The van der Waals surface area contributed by atoms with E-state index in [1.807, 2.05) is 27.3 Å². The quantitative estimate of drug-likeness (QED) is 0.398. The Morgan fingerprint density at radius 2 is 2.35 bits per heavy atom. The largest absolute Gasteiger partial charge is 0.370 e. The molecule has 1 aliphatic rings. The summed E-state index contributed by atoms with van der Waals surface area (Å²) in [4.78, 5) is 8.59. The summed E-state index contributed by atoms with van der Waals surface area (Å²) in [5.74, 6) is 0.626. The van der Waals surface area contributed by atoms with Crippen LogP contribution in [0.5, 0.6) is 0 Å². The smallest absolute Gasteiger partial charge is 0.261 e. The van der Waals surface area contributed by atoms with Crippen LogP contribution in [0.4, 0.5) is 0 Å². The third-order valence-corrected chi connectivity index (χ3v) is 3.94. The van der Waals surface area contributed by atoms with E-state index in [1.165, 1.54) is 4.57 Å². The first-order valence-corrected chi connectivity index (χ1v) is 6.40. The Kier molecular flexibility index (Phi) is 1.27. The Balaban J connectivity index is 1.97. The molecule has 0 N–H and O–H groups in total. The fourth-order valence-electron chi connectivity index (χ4n) is 3.07. The van der Waals surface area contributed by atoms with Gasteiger partial charge in [-0.25, -0.2) is 9.13 Å². The molecule has 4 aromatic rings. The van der Waals surface area contributed by atoms with Gasteiger partial charge in [-0.3, -0.25) is 9.97 Å². The van der Waals surface area contributed by atoms with Crippen LogP contribution in [0.25, 0.3) is 28.2 Å². The zero-order valence-electron chi connectivity index (χ0n) is 13.5. The van der Waals surface area contributed by atoms with E-state index in [0.29, 0.717) is 17.8 Å². The molecule has 5 heterocycles. The minimum atomic E-state index is -2.27. The van der Waals surface area contributed by atoms with Crippen molar-refractivity contribution >= 4 is 16.8 Å². The number of imidazole rings is 2. The van der Waals surface area contributed by atoms with Crippen LogP contribution in [-0.2, 0) is 13.5 Å². The summed E-state index contributed by atoms with van der Waals surface area (Å²) in [5, 5.41) is 0. The molecule has 0 fully saturated rings. The van der Waals surface area contributed by atoms with Crippen molar-refractivity contribution in [2.45, 2.75) is 6.54 Å². The number of aromatic nitrogens is 5. The molecule has 1 aliphatic heterocycles. The molecule has 0 saturated heterocycles. The molecule has 20 heavy (non-hydrogen) atoms. The second-order valence-electron chi connectivity index (χ2n) is 4.98. The summed E-state index contributed by atoms with van der Waals surface area (Å²) < 4.78 is 29.1. The zero-order chi connectivity index (χ0) is 15.8. The number of hydrogen-bond acceptors (Lipinski definition) is 2. The van der Waals surface area contributed by atoms with E-state index in [9.17, 15) is 0 Å². The highest BCUT2D eigenvalue weighted by molar-refractivity contribution is 5.77. The number of fused-ring (bicyclic) bond motifs is 7. The van der Waals surface area contributed by atoms with Crippen molar-refractivity contribution in [1.29, 1.82) is 0 Å². The van der Waals surface area contributed by atoms with Crippen LogP contribution >= 0.6 is 0 Å². The molecule has 5 nitrogen and oxygen atoms in total. The first-order chi connectivity index (χ1) is 11.1. The van der Waals surface area contributed by atoms with Crippen LogP contribution in [-0.4, -0.2) is 18.9 Å². The lowest BCUT2D eigenvalue weighted by Crippen LogP contribution is -2.29. The van der Waals surface area contributed by atoms with E-state index in [4.69, 9.17) is 4.11 Å². The second-order valence-corrected chi connectivity index (χ2v) is 4.98. The number of aryl methyl sites for hydroxylation is 1. The third kappa shape index (κ3) is 1.02. The van der Waals surface area contributed by atoms with E-state index in [0.717, 1.165) is 22.5 Å². The van der Waals surface area contributed by atoms with E-state index in [1.54, 1.807) is 24.7 Å². The van der Waals surface area contributed by atoms with Crippen molar-refractivity contribution in [2.75, 3.05) is 0 Å². The minimum absolute atomic E-state index is 0.620. The molecule has 0 unspecified atom stereocenters. The Labute approximate surface area is 119 Å². The lowest BCUT2D eigenvalue weighted by atomic mass is 10.2. The molecule has 0 radical (unpaired) electrons. The molecule has 0 saturated carbocycles. The Hall–Kier alpha value is -2.69. The van der Waals surface area contributed by atoms with Gasteiger partial charge in [-0.15, -0.1) is 0 Å². The van der Waals surface area contributed by atoms with Gasteiger partial charge in [0.15, 0.2) is 11.2 Å².